The van der Waals surface area contributed by atoms with E-state index in [2.05, 4.69) is 30.8 Å². The lowest BCUT2D eigenvalue weighted by Crippen LogP contribution is -2.15. The Morgan fingerprint density at radius 3 is 2.04 bits per heavy atom. The molecular formula is C20H28N2O3S. The summed E-state index contributed by atoms with van der Waals surface area (Å²) >= 11 is 0. The van der Waals surface area contributed by atoms with Gasteiger partial charge in [-0.2, -0.15) is 0 Å². The number of nitrogens with one attached hydrogen (secondary N) is 2. The van der Waals surface area contributed by atoms with Crippen LogP contribution in [0.3, 0.4) is 0 Å². The fourth-order valence-corrected chi connectivity index (χ4v) is 3.51. The van der Waals surface area contributed by atoms with Crippen LogP contribution in [0, 0.1) is 0 Å². The second-order valence-corrected chi connectivity index (χ2v) is 8.91. The first-order chi connectivity index (χ1) is 12.2. The summed E-state index contributed by atoms with van der Waals surface area (Å²) in [6.45, 7) is 7.80. The molecule has 0 aromatic heterocycles. The first kappa shape index (κ1) is 20.3. The predicted octanol–water partition coefficient (Wildman–Crippen LogP) is 4.23. The molecule has 2 aromatic carbocycles. The zero-order chi connectivity index (χ0) is 19.2. The molecule has 5 nitrogen and oxygen atoms in total. The smallest absolute Gasteiger partial charge is 0.261 e. The molecule has 2 N–H and O–H groups in total. The zero-order valence-electron chi connectivity index (χ0n) is 15.9. The molecule has 0 amide bonds. The van der Waals surface area contributed by atoms with Crippen LogP contribution in [-0.4, -0.2) is 28.7 Å². The Morgan fingerprint density at radius 2 is 1.50 bits per heavy atom. The van der Waals surface area contributed by atoms with Crippen LogP contribution in [-0.2, 0) is 20.2 Å². The van der Waals surface area contributed by atoms with Crippen molar-refractivity contribution in [3.05, 3.63) is 54.1 Å². The highest BCUT2D eigenvalue weighted by molar-refractivity contribution is 7.92. The van der Waals surface area contributed by atoms with Gasteiger partial charge in [-0.15, -0.1) is 0 Å². The van der Waals surface area contributed by atoms with Gasteiger partial charge in [0.15, 0.2) is 0 Å². The van der Waals surface area contributed by atoms with E-state index in [1.165, 1.54) is 0 Å². The van der Waals surface area contributed by atoms with E-state index in [0.717, 1.165) is 24.2 Å². The average molecular weight is 377 g/mol. The number of methoxy groups -OCH3 is 1. The molecule has 2 aromatic rings. The van der Waals surface area contributed by atoms with Gasteiger partial charge in [0.25, 0.3) is 10.0 Å². The van der Waals surface area contributed by atoms with Crippen molar-refractivity contribution in [1.29, 1.82) is 0 Å². The van der Waals surface area contributed by atoms with Crippen molar-refractivity contribution in [1.82, 2.24) is 0 Å². The minimum Gasteiger partial charge on any atom is -0.385 e. The van der Waals surface area contributed by atoms with Gasteiger partial charge in [-0.3, -0.25) is 4.72 Å². The average Bonchev–Trinajstić information content (AvgIpc) is 2.59. The Hall–Kier alpha value is -2.05. The van der Waals surface area contributed by atoms with Crippen LogP contribution < -0.4 is 10.0 Å². The van der Waals surface area contributed by atoms with E-state index in [0.29, 0.717) is 12.3 Å². The first-order valence-electron chi connectivity index (χ1n) is 8.68. The van der Waals surface area contributed by atoms with Crippen LogP contribution in [0.1, 0.15) is 32.8 Å². The fraction of sp³-hybridized carbons (Fsp3) is 0.400. The van der Waals surface area contributed by atoms with Gasteiger partial charge < -0.3 is 10.1 Å². The summed E-state index contributed by atoms with van der Waals surface area (Å²) in [4.78, 5) is 0.257. The third kappa shape index (κ3) is 5.75. The summed E-state index contributed by atoms with van der Waals surface area (Å²) in [7, 11) is -1.92. The third-order valence-corrected chi connectivity index (χ3v) is 5.42. The zero-order valence-corrected chi connectivity index (χ0v) is 16.7. The van der Waals surface area contributed by atoms with E-state index >= 15 is 0 Å². The summed E-state index contributed by atoms with van der Waals surface area (Å²) in [5.41, 5.74) is 2.56. The minimum absolute atomic E-state index is 0.0121. The molecule has 26 heavy (non-hydrogen) atoms. The second-order valence-electron chi connectivity index (χ2n) is 7.23. The molecule has 0 saturated carbocycles. The van der Waals surface area contributed by atoms with Gasteiger partial charge >= 0.3 is 0 Å². The molecule has 2 rings (SSSR count). The number of sulfonamides is 1. The van der Waals surface area contributed by atoms with Crippen LogP contribution in [0.4, 0.5) is 11.4 Å². The monoisotopic (exact) mass is 376 g/mol. The Kier molecular flexibility index (Phi) is 6.67. The van der Waals surface area contributed by atoms with Gasteiger partial charge in [0, 0.05) is 31.6 Å². The first-order valence-corrected chi connectivity index (χ1v) is 10.2. The maximum absolute atomic E-state index is 12.6. The van der Waals surface area contributed by atoms with Gasteiger partial charge in [0.1, 0.15) is 0 Å². The van der Waals surface area contributed by atoms with Crippen LogP contribution >= 0.6 is 0 Å². The molecule has 0 bridgehead atoms. The number of ether oxygens (including phenoxy) is 1. The SMILES string of the molecule is COCCCNc1ccc(NS(=O)(=O)c2ccc(C(C)(C)C)cc2)cc1. The number of hydrogen-bond acceptors (Lipinski definition) is 4. The van der Waals surface area contributed by atoms with Crippen molar-refractivity contribution < 1.29 is 13.2 Å². The largest absolute Gasteiger partial charge is 0.385 e. The summed E-state index contributed by atoms with van der Waals surface area (Å²) in [6.07, 6.45) is 0.912. The van der Waals surface area contributed by atoms with Gasteiger partial charge in [0.05, 0.1) is 4.90 Å². The van der Waals surface area contributed by atoms with Crippen molar-refractivity contribution in [3.63, 3.8) is 0 Å². The number of benzene rings is 2. The third-order valence-electron chi connectivity index (χ3n) is 4.02. The van der Waals surface area contributed by atoms with E-state index in [1.54, 1.807) is 31.4 Å². The molecule has 0 radical (unpaired) electrons. The van der Waals surface area contributed by atoms with Crippen molar-refractivity contribution >= 4 is 21.4 Å². The van der Waals surface area contributed by atoms with E-state index in [9.17, 15) is 8.42 Å². The quantitative estimate of drug-likeness (QED) is 0.677. The molecule has 0 spiro atoms. The summed E-state index contributed by atoms with van der Waals surface area (Å²) in [6, 6.07) is 14.2. The number of rotatable bonds is 8. The maximum atomic E-state index is 12.6. The predicted molar refractivity (Wildman–Crippen MR) is 107 cm³/mol. The molecule has 142 valence electrons. The Bertz CT molecular complexity index is 792. The van der Waals surface area contributed by atoms with Gasteiger partial charge in [0.2, 0.25) is 0 Å². The van der Waals surface area contributed by atoms with E-state index in [-0.39, 0.29) is 10.3 Å². The van der Waals surface area contributed by atoms with Gasteiger partial charge in [-0.25, -0.2) is 8.42 Å². The van der Waals surface area contributed by atoms with Gasteiger partial charge in [-0.05, 0) is 53.8 Å². The molecule has 0 fully saturated rings. The highest BCUT2D eigenvalue weighted by atomic mass is 32.2. The van der Waals surface area contributed by atoms with Crippen molar-refractivity contribution in [3.8, 4) is 0 Å². The molecule has 0 aliphatic carbocycles. The van der Waals surface area contributed by atoms with Crippen LogP contribution in [0.25, 0.3) is 0 Å². The normalized spacial score (nSPS) is 12.0. The van der Waals surface area contributed by atoms with E-state index in [1.807, 2.05) is 24.3 Å². The molecule has 0 aliphatic heterocycles. The Balaban J connectivity index is 2.02. The van der Waals surface area contributed by atoms with Crippen LogP contribution in [0.2, 0.25) is 0 Å². The molecule has 0 unspecified atom stereocenters. The fourth-order valence-electron chi connectivity index (χ4n) is 2.45. The minimum atomic E-state index is -3.60. The Labute approximate surface area is 156 Å². The second kappa shape index (κ2) is 8.56. The van der Waals surface area contributed by atoms with Gasteiger partial charge in [-0.1, -0.05) is 32.9 Å². The molecule has 0 saturated heterocycles. The molecule has 0 atom stereocenters. The highest BCUT2D eigenvalue weighted by Crippen LogP contribution is 2.24. The van der Waals surface area contributed by atoms with E-state index < -0.39 is 10.0 Å². The maximum Gasteiger partial charge on any atom is 0.261 e. The molecule has 6 heteroatoms. The molecule has 0 aliphatic rings. The van der Waals surface area contributed by atoms with Crippen LogP contribution in [0.15, 0.2) is 53.4 Å². The van der Waals surface area contributed by atoms with Crippen molar-refractivity contribution in [2.24, 2.45) is 0 Å². The standard InChI is InChI=1S/C20H28N2O3S/c1-20(2,3)16-6-12-19(13-7-16)26(23,24)22-18-10-8-17(9-11-18)21-14-5-15-25-4/h6-13,21-22H,5,14-15H2,1-4H3. The Morgan fingerprint density at radius 1 is 0.923 bits per heavy atom. The topological polar surface area (TPSA) is 67.4 Å². The van der Waals surface area contributed by atoms with Crippen molar-refractivity contribution in [2.45, 2.75) is 37.5 Å². The lowest BCUT2D eigenvalue weighted by molar-refractivity contribution is 0.198. The number of anilines is 2. The van der Waals surface area contributed by atoms with Crippen molar-refractivity contribution in [2.75, 3.05) is 30.3 Å². The lowest BCUT2D eigenvalue weighted by Gasteiger charge is -2.19. The summed E-state index contributed by atoms with van der Waals surface area (Å²) in [5.74, 6) is 0. The van der Waals surface area contributed by atoms with Crippen LogP contribution in [0.5, 0.6) is 0 Å². The van der Waals surface area contributed by atoms with E-state index in [4.69, 9.17) is 4.74 Å². The summed E-state index contributed by atoms with van der Waals surface area (Å²) < 4.78 is 32.7. The summed E-state index contributed by atoms with van der Waals surface area (Å²) in [5, 5.41) is 3.26. The highest BCUT2D eigenvalue weighted by Gasteiger charge is 2.17. The number of hydrogen-bond donors (Lipinski definition) is 2. The molecular weight excluding hydrogens is 348 g/mol. The molecule has 0 heterocycles. The lowest BCUT2D eigenvalue weighted by atomic mass is 9.87.